The molecular formula is C16H20N4O2. The van der Waals surface area contributed by atoms with Gasteiger partial charge in [-0.05, 0) is 5.56 Å². The van der Waals surface area contributed by atoms with E-state index in [9.17, 15) is 9.59 Å². The molecule has 0 spiro atoms. The molecule has 1 aromatic carbocycles. The van der Waals surface area contributed by atoms with Gasteiger partial charge in [-0.1, -0.05) is 37.3 Å². The van der Waals surface area contributed by atoms with E-state index in [1.54, 1.807) is 19.4 Å². The molecule has 1 heterocycles. The van der Waals surface area contributed by atoms with Crippen molar-refractivity contribution in [2.75, 3.05) is 0 Å². The lowest BCUT2D eigenvalue weighted by Gasteiger charge is -2.18. The Kier molecular flexibility index (Phi) is 5.30. The zero-order chi connectivity index (χ0) is 15.9. The molecule has 2 aromatic rings. The minimum absolute atomic E-state index is 0.200. The molecule has 2 unspecified atom stereocenters. The van der Waals surface area contributed by atoms with Crippen LogP contribution in [0, 0.1) is 5.92 Å². The van der Waals surface area contributed by atoms with Crippen LogP contribution in [0.3, 0.4) is 0 Å². The quantitative estimate of drug-likeness (QED) is 0.705. The number of nitrogens with zero attached hydrogens (tertiary/aromatic N) is 1. The van der Waals surface area contributed by atoms with E-state index >= 15 is 0 Å². The highest BCUT2D eigenvalue weighted by molar-refractivity contribution is 5.87. The van der Waals surface area contributed by atoms with Gasteiger partial charge in [0, 0.05) is 30.7 Å². The summed E-state index contributed by atoms with van der Waals surface area (Å²) in [6, 6.07) is 8.76. The van der Waals surface area contributed by atoms with Gasteiger partial charge >= 0.3 is 0 Å². The fourth-order valence-corrected chi connectivity index (χ4v) is 2.21. The van der Waals surface area contributed by atoms with Crippen LogP contribution in [-0.2, 0) is 22.4 Å². The van der Waals surface area contributed by atoms with Gasteiger partial charge in [-0.2, -0.15) is 0 Å². The summed E-state index contributed by atoms with van der Waals surface area (Å²) in [7, 11) is 0. The molecule has 4 N–H and O–H groups in total. The van der Waals surface area contributed by atoms with Gasteiger partial charge < -0.3 is 16.0 Å². The lowest BCUT2D eigenvalue weighted by atomic mass is 10.0. The standard InChI is InChI=1S/C16H20N4O2/c1-11(7-13-9-18-10-19-13)16(22)20-14(15(17)21)8-12-5-3-2-4-6-12/h2-6,9-11,14H,7-8H2,1H3,(H2,17,21)(H,18,19)(H,20,22). The number of aromatic amines is 1. The number of benzene rings is 1. The van der Waals surface area contributed by atoms with Crippen molar-refractivity contribution in [1.29, 1.82) is 0 Å². The molecule has 2 amide bonds. The third-order valence-electron chi connectivity index (χ3n) is 3.47. The van der Waals surface area contributed by atoms with Crippen molar-refractivity contribution < 1.29 is 9.59 Å². The summed E-state index contributed by atoms with van der Waals surface area (Å²) in [5.41, 5.74) is 7.23. The minimum atomic E-state index is -0.709. The van der Waals surface area contributed by atoms with Gasteiger partial charge in [0.2, 0.25) is 11.8 Å². The summed E-state index contributed by atoms with van der Waals surface area (Å²) in [5.74, 6) is -1.02. The van der Waals surface area contributed by atoms with Gasteiger partial charge in [-0.3, -0.25) is 9.59 Å². The van der Waals surface area contributed by atoms with E-state index in [1.807, 2.05) is 30.3 Å². The van der Waals surface area contributed by atoms with Crippen LogP contribution in [-0.4, -0.2) is 27.8 Å². The molecule has 0 radical (unpaired) electrons. The zero-order valence-corrected chi connectivity index (χ0v) is 12.5. The fraction of sp³-hybridized carbons (Fsp3) is 0.312. The van der Waals surface area contributed by atoms with Crippen LogP contribution in [0.1, 0.15) is 18.2 Å². The normalized spacial score (nSPS) is 13.3. The molecule has 6 nitrogen and oxygen atoms in total. The number of carbonyl (C=O) groups excluding carboxylic acids is 2. The van der Waals surface area contributed by atoms with Gasteiger partial charge in [0.05, 0.1) is 6.33 Å². The number of hydrogen-bond donors (Lipinski definition) is 3. The lowest BCUT2D eigenvalue weighted by Crippen LogP contribution is -2.47. The average molecular weight is 300 g/mol. The largest absolute Gasteiger partial charge is 0.368 e. The first-order valence-electron chi connectivity index (χ1n) is 7.17. The summed E-state index contributed by atoms with van der Waals surface area (Å²) >= 11 is 0. The van der Waals surface area contributed by atoms with Crippen LogP contribution in [0.5, 0.6) is 0 Å². The number of hydrogen-bond acceptors (Lipinski definition) is 3. The Morgan fingerprint density at radius 1 is 1.27 bits per heavy atom. The number of carbonyl (C=O) groups is 2. The molecule has 0 aliphatic rings. The molecule has 0 aliphatic heterocycles. The molecule has 116 valence electrons. The summed E-state index contributed by atoms with van der Waals surface area (Å²) in [5, 5.41) is 2.73. The molecule has 0 saturated heterocycles. The molecule has 6 heteroatoms. The van der Waals surface area contributed by atoms with Gasteiger partial charge in [0.15, 0.2) is 0 Å². The molecule has 22 heavy (non-hydrogen) atoms. The van der Waals surface area contributed by atoms with Crippen LogP contribution >= 0.6 is 0 Å². The summed E-state index contributed by atoms with van der Waals surface area (Å²) in [6.07, 6.45) is 4.17. The first kappa shape index (κ1) is 15.8. The maximum atomic E-state index is 12.2. The molecule has 2 rings (SSSR count). The Bertz CT molecular complexity index is 610. The second kappa shape index (κ2) is 7.40. The Balaban J connectivity index is 1.95. The second-order valence-electron chi connectivity index (χ2n) is 5.34. The Labute approximate surface area is 129 Å². The van der Waals surface area contributed by atoms with Crippen molar-refractivity contribution in [1.82, 2.24) is 15.3 Å². The SMILES string of the molecule is CC(Cc1cnc[nH]1)C(=O)NC(Cc1ccccc1)C(N)=O. The molecular weight excluding hydrogens is 280 g/mol. The van der Waals surface area contributed by atoms with E-state index in [2.05, 4.69) is 15.3 Å². The van der Waals surface area contributed by atoms with Gasteiger partial charge in [-0.15, -0.1) is 0 Å². The number of imidazole rings is 1. The fourth-order valence-electron chi connectivity index (χ4n) is 2.21. The van der Waals surface area contributed by atoms with E-state index in [-0.39, 0.29) is 11.8 Å². The van der Waals surface area contributed by atoms with Gasteiger partial charge in [0.1, 0.15) is 6.04 Å². The molecule has 0 bridgehead atoms. The summed E-state index contributed by atoms with van der Waals surface area (Å²) in [6.45, 7) is 1.80. The smallest absolute Gasteiger partial charge is 0.240 e. The second-order valence-corrected chi connectivity index (χ2v) is 5.34. The van der Waals surface area contributed by atoms with E-state index in [4.69, 9.17) is 5.73 Å². The van der Waals surface area contributed by atoms with Crippen LogP contribution < -0.4 is 11.1 Å². The first-order chi connectivity index (χ1) is 10.6. The van der Waals surface area contributed by atoms with E-state index < -0.39 is 11.9 Å². The number of amides is 2. The number of nitrogens with one attached hydrogen (secondary N) is 2. The highest BCUT2D eigenvalue weighted by Gasteiger charge is 2.22. The van der Waals surface area contributed by atoms with E-state index in [0.717, 1.165) is 11.3 Å². The highest BCUT2D eigenvalue weighted by atomic mass is 16.2. The Morgan fingerprint density at radius 3 is 2.59 bits per heavy atom. The topological polar surface area (TPSA) is 101 Å². The number of rotatable bonds is 7. The number of aromatic nitrogens is 2. The number of primary amides is 1. The van der Waals surface area contributed by atoms with Crippen molar-refractivity contribution in [3.8, 4) is 0 Å². The molecule has 0 saturated carbocycles. The van der Waals surface area contributed by atoms with Crippen LogP contribution in [0.15, 0.2) is 42.9 Å². The van der Waals surface area contributed by atoms with E-state index in [0.29, 0.717) is 12.8 Å². The van der Waals surface area contributed by atoms with Crippen molar-refractivity contribution in [3.63, 3.8) is 0 Å². The van der Waals surface area contributed by atoms with Crippen LogP contribution in [0.4, 0.5) is 0 Å². The Hall–Kier alpha value is -2.63. The summed E-state index contributed by atoms with van der Waals surface area (Å²) in [4.78, 5) is 30.7. The first-order valence-corrected chi connectivity index (χ1v) is 7.17. The monoisotopic (exact) mass is 300 g/mol. The van der Waals surface area contributed by atoms with Crippen molar-refractivity contribution >= 4 is 11.8 Å². The molecule has 2 atom stereocenters. The summed E-state index contributed by atoms with van der Waals surface area (Å²) < 4.78 is 0. The maximum Gasteiger partial charge on any atom is 0.240 e. The molecule has 1 aromatic heterocycles. The van der Waals surface area contributed by atoms with Crippen molar-refractivity contribution in [3.05, 3.63) is 54.1 Å². The average Bonchev–Trinajstić information content (AvgIpc) is 3.00. The Morgan fingerprint density at radius 2 is 2.00 bits per heavy atom. The third-order valence-corrected chi connectivity index (χ3v) is 3.47. The van der Waals surface area contributed by atoms with Crippen molar-refractivity contribution in [2.24, 2.45) is 11.7 Å². The lowest BCUT2D eigenvalue weighted by molar-refractivity contribution is -0.129. The van der Waals surface area contributed by atoms with E-state index in [1.165, 1.54) is 0 Å². The number of nitrogens with two attached hydrogens (primary N) is 1. The molecule has 0 aliphatic carbocycles. The third kappa shape index (κ3) is 4.44. The minimum Gasteiger partial charge on any atom is -0.368 e. The van der Waals surface area contributed by atoms with Gasteiger partial charge in [-0.25, -0.2) is 4.98 Å². The maximum absolute atomic E-state index is 12.2. The van der Waals surface area contributed by atoms with Gasteiger partial charge in [0.25, 0.3) is 0 Å². The zero-order valence-electron chi connectivity index (χ0n) is 12.5. The molecule has 0 fully saturated rings. The predicted molar refractivity (Wildman–Crippen MR) is 82.7 cm³/mol. The number of H-pyrrole nitrogens is 1. The van der Waals surface area contributed by atoms with Crippen LogP contribution in [0.2, 0.25) is 0 Å². The van der Waals surface area contributed by atoms with Crippen LogP contribution in [0.25, 0.3) is 0 Å². The predicted octanol–water partition coefficient (Wildman–Crippen LogP) is 0.801. The highest BCUT2D eigenvalue weighted by Crippen LogP contribution is 2.07. The van der Waals surface area contributed by atoms with Crippen molar-refractivity contribution in [2.45, 2.75) is 25.8 Å².